The summed E-state index contributed by atoms with van der Waals surface area (Å²) < 4.78 is 9.32. The molecule has 0 amide bonds. The standard InChI is InChI=1S/C14H18N2O4S/c1-4-5-15-14(21)16-11-7-9(12(17)19-2)6-10(8-11)13(18)20-3/h6-8H,4-5H2,1-3H3,(H2,15,16,21). The van der Waals surface area contributed by atoms with E-state index in [1.165, 1.54) is 20.3 Å². The third-order valence-electron chi connectivity index (χ3n) is 2.57. The number of carbonyl (C=O) groups is 2. The Morgan fingerprint density at radius 3 is 2.05 bits per heavy atom. The van der Waals surface area contributed by atoms with E-state index >= 15 is 0 Å². The lowest BCUT2D eigenvalue weighted by Gasteiger charge is -2.12. The zero-order chi connectivity index (χ0) is 15.8. The van der Waals surface area contributed by atoms with Gasteiger partial charge in [0.05, 0.1) is 25.3 Å². The van der Waals surface area contributed by atoms with E-state index in [-0.39, 0.29) is 11.1 Å². The molecule has 0 bridgehead atoms. The van der Waals surface area contributed by atoms with Gasteiger partial charge in [-0.05, 0) is 36.8 Å². The number of hydrogen-bond donors (Lipinski definition) is 2. The average molecular weight is 310 g/mol. The molecule has 6 nitrogen and oxygen atoms in total. The number of benzene rings is 1. The second-order valence-electron chi connectivity index (χ2n) is 4.16. The smallest absolute Gasteiger partial charge is 0.337 e. The predicted octanol–water partition coefficient (Wildman–Crippen LogP) is 1.96. The molecule has 0 atom stereocenters. The molecule has 0 spiro atoms. The van der Waals surface area contributed by atoms with Crippen molar-refractivity contribution in [1.82, 2.24) is 5.32 Å². The van der Waals surface area contributed by atoms with Gasteiger partial charge in [0.25, 0.3) is 0 Å². The van der Waals surface area contributed by atoms with Crippen LogP contribution in [0.3, 0.4) is 0 Å². The normalized spacial score (nSPS) is 9.67. The summed E-state index contributed by atoms with van der Waals surface area (Å²) in [6.07, 6.45) is 0.928. The third-order valence-corrected chi connectivity index (χ3v) is 2.82. The third kappa shape index (κ3) is 5.03. The Kier molecular flexibility index (Phi) is 6.61. The number of hydrogen-bond acceptors (Lipinski definition) is 5. The molecule has 0 fully saturated rings. The molecule has 0 aromatic heterocycles. The molecular formula is C14H18N2O4S. The van der Waals surface area contributed by atoms with Crippen molar-refractivity contribution in [1.29, 1.82) is 0 Å². The molecule has 0 unspecified atom stereocenters. The first-order valence-electron chi connectivity index (χ1n) is 6.38. The summed E-state index contributed by atoms with van der Waals surface area (Å²) in [5.41, 5.74) is 0.981. The van der Waals surface area contributed by atoms with Gasteiger partial charge in [-0.2, -0.15) is 0 Å². The Hall–Kier alpha value is -2.15. The fraction of sp³-hybridized carbons (Fsp3) is 0.357. The van der Waals surface area contributed by atoms with Crippen LogP contribution < -0.4 is 10.6 Å². The van der Waals surface area contributed by atoms with Gasteiger partial charge >= 0.3 is 11.9 Å². The lowest BCUT2D eigenvalue weighted by molar-refractivity contribution is 0.0599. The minimum atomic E-state index is -0.545. The Bertz CT molecular complexity index is 512. The molecule has 0 heterocycles. The van der Waals surface area contributed by atoms with E-state index in [1.807, 2.05) is 6.92 Å². The monoisotopic (exact) mass is 310 g/mol. The molecule has 0 aliphatic heterocycles. The summed E-state index contributed by atoms with van der Waals surface area (Å²) in [5.74, 6) is -1.09. The van der Waals surface area contributed by atoms with Crippen LogP contribution in [-0.2, 0) is 9.47 Å². The molecule has 0 aliphatic rings. The first-order chi connectivity index (χ1) is 10.0. The number of anilines is 1. The van der Waals surface area contributed by atoms with Crippen LogP contribution in [0, 0.1) is 0 Å². The highest BCUT2D eigenvalue weighted by molar-refractivity contribution is 7.80. The number of esters is 2. The molecule has 0 radical (unpaired) electrons. The zero-order valence-electron chi connectivity index (χ0n) is 12.2. The van der Waals surface area contributed by atoms with Gasteiger partial charge in [-0.25, -0.2) is 9.59 Å². The SMILES string of the molecule is CCCNC(=S)Nc1cc(C(=O)OC)cc(C(=O)OC)c1. The van der Waals surface area contributed by atoms with Gasteiger partial charge in [-0.15, -0.1) is 0 Å². The zero-order valence-corrected chi connectivity index (χ0v) is 13.0. The van der Waals surface area contributed by atoms with E-state index in [0.29, 0.717) is 10.8 Å². The predicted molar refractivity (Wildman–Crippen MR) is 83.6 cm³/mol. The van der Waals surface area contributed by atoms with Gasteiger partial charge in [0.15, 0.2) is 5.11 Å². The van der Waals surface area contributed by atoms with E-state index in [0.717, 1.165) is 13.0 Å². The number of rotatable bonds is 5. The van der Waals surface area contributed by atoms with Crippen LogP contribution in [-0.4, -0.2) is 37.8 Å². The second kappa shape index (κ2) is 8.21. The van der Waals surface area contributed by atoms with Gasteiger partial charge in [0, 0.05) is 12.2 Å². The molecule has 0 saturated heterocycles. The van der Waals surface area contributed by atoms with Crippen LogP contribution in [0.15, 0.2) is 18.2 Å². The molecule has 1 aromatic carbocycles. The summed E-state index contributed by atoms with van der Waals surface area (Å²) in [5, 5.41) is 6.33. The van der Waals surface area contributed by atoms with Gasteiger partial charge in [-0.3, -0.25) is 0 Å². The minimum absolute atomic E-state index is 0.237. The first kappa shape index (κ1) is 16.9. The molecule has 1 aromatic rings. The maximum atomic E-state index is 11.6. The van der Waals surface area contributed by atoms with E-state index < -0.39 is 11.9 Å². The molecule has 114 valence electrons. The fourth-order valence-electron chi connectivity index (χ4n) is 1.58. The Balaban J connectivity index is 3.04. The first-order valence-corrected chi connectivity index (χ1v) is 6.79. The van der Waals surface area contributed by atoms with Crippen molar-refractivity contribution in [3.05, 3.63) is 29.3 Å². The number of methoxy groups -OCH3 is 2. The van der Waals surface area contributed by atoms with Crippen LogP contribution in [0.4, 0.5) is 5.69 Å². The Labute approximate surface area is 128 Å². The number of thiocarbonyl (C=S) groups is 1. The van der Waals surface area contributed by atoms with Gasteiger partial charge < -0.3 is 20.1 Å². The summed E-state index contributed by atoms with van der Waals surface area (Å²) >= 11 is 5.12. The Morgan fingerprint density at radius 2 is 1.62 bits per heavy atom. The highest BCUT2D eigenvalue weighted by Crippen LogP contribution is 2.17. The average Bonchev–Trinajstić information content (AvgIpc) is 2.50. The van der Waals surface area contributed by atoms with E-state index in [4.69, 9.17) is 12.2 Å². The van der Waals surface area contributed by atoms with Crippen molar-refractivity contribution in [2.24, 2.45) is 0 Å². The number of carbonyl (C=O) groups excluding carboxylic acids is 2. The van der Waals surface area contributed by atoms with Gasteiger partial charge in [0.1, 0.15) is 0 Å². The summed E-state index contributed by atoms with van der Waals surface area (Å²) in [4.78, 5) is 23.3. The highest BCUT2D eigenvalue weighted by Gasteiger charge is 2.14. The van der Waals surface area contributed by atoms with E-state index in [1.54, 1.807) is 12.1 Å². The van der Waals surface area contributed by atoms with Crippen molar-refractivity contribution >= 4 is 35.0 Å². The van der Waals surface area contributed by atoms with E-state index in [9.17, 15) is 9.59 Å². The fourth-order valence-corrected chi connectivity index (χ4v) is 1.80. The molecule has 0 aliphatic carbocycles. The minimum Gasteiger partial charge on any atom is -0.465 e. The van der Waals surface area contributed by atoms with Crippen molar-refractivity contribution in [2.75, 3.05) is 26.1 Å². The van der Waals surface area contributed by atoms with Crippen LogP contribution in [0.1, 0.15) is 34.1 Å². The van der Waals surface area contributed by atoms with Crippen molar-refractivity contribution < 1.29 is 19.1 Å². The lowest BCUT2D eigenvalue weighted by atomic mass is 10.1. The second-order valence-corrected chi connectivity index (χ2v) is 4.57. The molecular weight excluding hydrogens is 292 g/mol. The van der Waals surface area contributed by atoms with Crippen molar-refractivity contribution in [3.8, 4) is 0 Å². The van der Waals surface area contributed by atoms with E-state index in [2.05, 4.69) is 20.1 Å². The van der Waals surface area contributed by atoms with Gasteiger partial charge in [-0.1, -0.05) is 6.92 Å². The molecule has 21 heavy (non-hydrogen) atoms. The lowest BCUT2D eigenvalue weighted by Crippen LogP contribution is -2.29. The largest absolute Gasteiger partial charge is 0.465 e. The van der Waals surface area contributed by atoms with Gasteiger partial charge in [0.2, 0.25) is 0 Å². The van der Waals surface area contributed by atoms with Crippen molar-refractivity contribution in [3.63, 3.8) is 0 Å². The number of ether oxygens (including phenoxy) is 2. The summed E-state index contributed by atoms with van der Waals surface area (Å²) in [6.45, 7) is 2.75. The summed E-state index contributed by atoms with van der Waals surface area (Å²) in [6, 6.07) is 4.52. The maximum absolute atomic E-state index is 11.6. The van der Waals surface area contributed by atoms with Crippen molar-refractivity contribution in [2.45, 2.75) is 13.3 Å². The molecule has 2 N–H and O–H groups in total. The molecule has 7 heteroatoms. The topological polar surface area (TPSA) is 76.7 Å². The summed E-state index contributed by atoms with van der Waals surface area (Å²) in [7, 11) is 2.54. The maximum Gasteiger partial charge on any atom is 0.337 e. The van der Waals surface area contributed by atoms with Crippen LogP contribution in [0.25, 0.3) is 0 Å². The quantitative estimate of drug-likeness (QED) is 0.636. The highest BCUT2D eigenvalue weighted by atomic mass is 32.1. The number of nitrogens with one attached hydrogen (secondary N) is 2. The Morgan fingerprint density at radius 1 is 1.10 bits per heavy atom. The van der Waals surface area contributed by atoms with Crippen LogP contribution in [0.5, 0.6) is 0 Å². The molecule has 0 saturated carbocycles. The molecule has 1 rings (SSSR count). The van der Waals surface area contributed by atoms with Crippen LogP contribution >= 0.6 is 12.2 Å². The van der Waals surface area contributed by atoms with Crippen LogP contribution in [0.2, 0.25) is 0 Å².